The average Bonchev–Trinajstić information content (AvgIpc) is 2.27. The molecule has 100 valence electrons. The minimum atomic E-state index is -3.89. The van der Waals surface area contributed by atoms with Gasteiger partial charge in [-0.3, -0.25) is 0 Å². The molecule has 1 N–H and O–H groups in total. The monoisotopic (exact) mass is 278 g/mol. The number of aromatic hydroxyl groups is 1. The summed E-state index contributed by atoms with van der Waals surface area (Å²) in [5.41, 5.74) is 1.61. The number of phenolic OH excluding ortho intramolecular Hbond substituents is 1. The number of aryl methyl sites for hydroxylation is 2. The molecule has 0 amide bonds. The summed E-state index contributed by atoms with van der Waals surface area (Å²) in [6.07, 6.45) is 0. The molecule has 2 rings (SSSR count). The van der Waals surface area contributed by atoms with Gasteiger partial charge in [-0.2, -0.15) is 8.42 Å². The molecule has 4 nitrogen and oxygen atoms in total. The highest BCUT2D eigenvalue weighted by molar-refractivity contribution is 7.87. The number of rotatable bonds is 3. The lowest BCUT2D eigenvalue weighted by molar-refractivity contribution is 0.463. The zero-order chi connectivity index (χ0) is 14.0. The van der Waals surface area contributed by atoms with E-state index >= 15 is 0 Å². The van der Waals surface area contributed by atoms with Crippen LogP contribution in [0, 0.1) is 13.8 Å². The van der Waals surface area contributed by atoms with Crippen molar-refractivity contribution in [3.05, 3.63) is 53.6 Å². The number of hydrogen-bond acceptors (Lipinski definition) is 4. The minimum absolute atomic E-state index is 0.0478. The lowest BCUT2D eigenvalue weighted by Gasteiger charge is -2.10. The fraction of sp³-hybridized carbons (Fsp3) is 0.143. The second kappa shape index (κ2) is 4.93. The highest BCUT2D eigenvalue weighted by Gasteiger charge is 2.19. The van der Waals surface area contributed by atoms with Crippen LogP contribution in [-0.2, 0) is 10.1 Å². The first-order valence-electron chi connectivity index (χ1n) is 5.69. The van der Waals surface area contributed by atoms with Crippen LogP contribution in [0.1, 0.15) is 11.1 Å². The number of phenols is 1. The molecule has 0 saturated heterocycles. The van der Waals surface area contributed by atoms with Crippen LogP contribution in [0.4, 0.5) is 0 Å². The normalized spacial score (nSPS) is 11.3. The summed E-state index contributed by atoms with van der Waals surface area (Å²) < 4.78 is 29.3. The molecule has 0 saturated carbocycles. The Balaban J connectivity index is 2.38. The Labute approximate surface area is 112 Å². The van der Waals surface area contributed by atoms with Crippen molar-refractivity contribution in [1.29, 1.82) is 0 Å². The van der Waals surface area contributed by atoms with E-state index in [0.717, 1.165) is 5.56 Å². The SMILES string of the molecule is Cc1ccc(S(=O)(=O)Oc2cccc(O)c2)c(C)c1. The third kappa shape index (κ3) is 3.06. The van der Waals surface area contributed by atoms with Gasteiger partial charge in [0, 0.05) is 6.07 Å². The van der Waals surface area contributed by atoms with Crippen molar-refractivity contribution in [2.75, 3.05) is 0 Å². The number of benzene rings is 2. The quantitative estimate of drug-likeness (QED) is 0.877. The first kappa shape index (κ1) is 13.4. The minimum Gasteiger partial charge on any atom is -0.508 e. The Morgan fingerprint density at radius 1 is 1.05 bits per heavy atom. The standard InChI is InChI=1S/C14H14O4S/c1-10-6-7-14(11(2)8-10)19(16,17)18-13-5-3-4-12(15)9-13/h3-9,15H,1-2H3. The molecule has 0 heterocycles. The smallest absolute Gasteiger partial charge is 0.339 e. The third-order valence-electron chi connectivity index (χ3n) is 2.62. The molecule has 5 heteroatoms. The van der Waals surface area contributed by atoms with Crippen molar-refractivity contribution in [2.24, 2.45) is 0 Å². The molecule has 0 aliphatic rings. The Bertz CT molecular complexity index is 705. The largest absolute Gasteiger partial charge is 0.508 e. The zero-order valence-corrected chi connectivity index (χ0v) is 11.4. The van der Waals surface area contributed by atoms with Crippen molar-refractivity contribution >= 4 is 10.1 Å². The Kier molecular flexibility index (Phi) is 3.48. The van der Waals surface area contributed by atoms with Crippen LogP contribution in [0.5, 0.6) is 11.5 Å². The molecule has 19 heavy (non-hydrogen) atoms. The topological polar surface area (TPSA) is 63.6 Å². The zero-order valence-electron chi connectivity index (χ0n) is 10.6. The maximum atomic E-state index is 12.1. The van der Waals surface area contributed by atoms with E-state index in [9.17, 15) is 13.5 Å². The van der Waals surface area contributed by atoms with Gasteiger partial charge in [0.15, 0.2) is 0 Å². The van der Waals surface area contributed by atoms with E-state index in [1.54, 1.807) is 19.1 Å². The van der Waals surface area contributed by atoms with Crippen molar-refractivity contribution in [2.45, 2.75) is 18.7 Å². The molecule has 0 atom stereocenters. The van der Waals surface area contributed by atoms with Gasteiger partial charge in [0.1, 0.15) is 16.4 Å². The van der Waals surface area contributed by atoms with Gasteiger partial charge in [-0.25, -0.2) is 0 Å². The van der Waals surface area contributed by atoms with Gasteiger partial charge in [-0.05, 0) is 37.6 Å². The van der Waals surface area contributed by atoms with Crippen LogP contribution in [-0.4, -0.2) is 13.5 Å². The summed E-state index contributed by atoms with van der Waals surface area (Å²) in [5.74, 6) is 0.0355. The van der Waals surface area contributed by atoms with Crippen molar-refractivity contribution in [3.8, 4) is 11.5 Å². The molecule has 0 spiro atoms. The van der Waals surface area contributed by atoms with Crippen LogP contribution in [0.3, 0.4) is 0 Å². The van der Waals surface area contributed by atoms with Crippen LogP contribution < -0.4 is 4.18 Å². The fourth-order valence-corrected chi connectivity index (χ4v) is 2.92. The van der Waals surface area contributed by atoms with Gasteiger partial charge in [-0.15, -0.1) is 0 Å². The predicted octanol–water partition coefficient (Wildman–Crippen LogP) is 2.78. The highest BCUT2D eigenvalue weighted by atomic mass is 32.2. The summed E-state index contributed by atoms with van der Waals surface area (Å²) in [4.78, 5) is 0.126. The van der Waals surface area contributed by atoms with E-state index in [1.165, 1.54) is 30.3 Å². The van der Waals surface area contributed by atoms with Crippen LogP contribution in [0.25, 0.3) is 0 Å². The van der Waals surface area contributed by atoms with Crippen molar-refractivity contribution < 1.29 is 17.7 Å². The summed E-state index contributed by atoms with van der Waals surface area (Å²) in [7, 11) is -3.89. The van der Waals surface area contributed by atoms with Gasteiger partial charge in [0.2, 0.25) is 0 Å². The molecule has 0 fully saturated rings. The third-order valence-corrected chi connectivity index (χ3v) is 4.03. The Morgan fingerprint density at radius 2 is 1.79 bits per heavy atom. The predicted molar refractivity (Wildman–Crippen MR) is 71.8 cm³/mol. The van der Waals surface area contributed by atoms with Crippen LogP contribution in [0.15, 0.2) is 47.4 Å². The second-order valence-electron chi connectivity index (χ2n) is 4.30. The molecule has 0 aromatic heterocycles. The summed E-state index contributed by atoms with van der Waals surface area (Å²) >= 11 is 0. The Morgan fingerprint density at radius 3 is 2.42 bits per heavy atom. The van der Waals surface area contributed by atoms with Gasteiger partial charge in [0.05, 0.1) is 0 Å². The molecule has 0 aliphatic heterocycles. The molecule has 0 unspecified atom stereocenters. The molecule has 2 aromatic carbocycles. The van der Waals surface area contributed by atoms with Gasteiger partial charge < -0.3 is 9.29 Å². The van der Waals surface area contributed by atoms with E-state index in [4.69, 9.17) is 4.18 Å². The lowest BCUT2D eigenvalue weighted by Crippen LogP contribution is -2.11. The van der Waals surface area contributed by atoms with Gasteiger partial charge in [0.25, 0.3) is 0 Å². The van der Waals surface area contributed by atoms with E-state index in [-0.39, 0.29) is 16.4 Å². The maximum absolute atomic E-state index is 12.1. The summed E-state index contributed by atoms with van der Waals surface area (Å²) in [6, 6.07) is 10.7. The molecule has 0 bridgehead atoms. The van der Waals surface area contributed by atoms with Crippen LogP contribution >= 0.6 is 0 Å². The fourth-order valence-electron chi connectivity index (χ4n) is 1.79. The second-order valence-corrected chi connectivity index (χ2v) is 5.82. The average molecular weight is 278 g/mol. The van der Waals surface area contributed by atoms with E-state index in [0.29, 0.717) is 5.56 Å². The molecular formula is C14H14O4S. The highest BCUT2D eigenvalue weighted by Crippen LogP contribution is 2.24. The van der Waals surface area contributed by atoms with Crippen LogP contribution in [0.2, 0.25) is 0 Å². The molecule has 0 radical (unpaired) electrons. The first-order valence-corrected chi connectivity index (χ1v) is 7.10. The van der Waals surface area contributed by atoms with Gasteiger partial charge in [-0.1, -0.05) is 23.8 Å². The maximum Gasteiger partial charge on any atom is 0.339 e. The number of hydrogen-bond donors (Lipinski definition) is 1. The summed E-state index contributed by atoms with van der Waals surface area (Å²) in [5, 5.41) is 9.30. The first-order chi connectivity index (χ1) is 8.88. The van der Waals surface area contributed by atoms with E-state index in [2.05, 4.69) is 0 Å². The van der Waals surface area contributed by atoms with E-state index < -0.39 is 10.1 Å². The van der Waals surface area contributed by atoms with E-state index in [1.807, 2.05) is 6.92 Å². The lowest BCUT2D eigenvalue weighted by atomic mass is 10.2. The summed E-state index contributed by atoms with van der Waals surface area (Å²) in [6.45, 7) is 3.60. The van der Waals surface area contributed by atoms with Crippen molar-refractivity contribution in [1.82, 2.24) is 0 Å². The Hall–Kier alpha value is -2.01. The molecule has 2 aromatic rings. The molecular weight excluding hydrogens is 264 g/mol. The molecule has 0 aliphatic carbocycles. The van der Waals surface area contributed by atoms with Gasteiger partial charge >= 0.3 is 10.1 Å². The van der Waals surface area contributed by atoms with Crippen molar-refractivity contribution in [3.63, 3.8) is 0 Å².